The van der Waals surface area contributed by atoms with Crippen molar-refractivity contribution < 1.29 is 9.59 Å². The number of carbonyl (C=O) groups is 2. The molecule has 118 valence electrons. The number of nitrogens with zero attached hydrogens (tertiary/aromatic N) is 2. The minimum absolute atomic E-state index is 0.0418. The molecule has 0 aromatic carbocycles. The lowest BCUT2D eigenvalue weighted by atomic mass is 9.89. The van der Waals surface area contributed by atoms with E-state index in [9.17, 15) is 9.59 Å². The quantitative estimate of drug-likeness (QED) is 0.878. The number of pyridine rings is 1. The molecule has 0 spiro atoms. The first-order valence-electron chi connectivity index (χ1n) is 7.38. The molecule has 23 heavy (non-hydrogen) atoms. The van der Waals surface area contributed by atoms with Crippen molar-refractivity contribution in [3.8, 4) is 0 Å². The molecule has 3 heterocycles. The van der Waals surface area contributed by atoms with Crippen molar-refractivity contribution in [1.82, 2.24) is 10.3 Å². The molecule has 1 amide bonds. The molecule has 0 fully saturated rings. The summed E-state index contributed by atoms with van der Waals surface area (Å²) in [5, 5.41) is 4.64. The second-order valence-corrected chi connectivity index (χ2v) is 6.87. The predicted molar refractivity (Wildman–Crippen MR) is 89.9 cm³/mol. The molecule has 0 saturated carbocycles. The minimum atomic E-state index is -0.837. The van der Waals surface area contributed by atoms with E-state index in [0.29, 0.717) is 22.0 Å². The number of amidine groups is 1. The minimum Gasteiger partial charge on any atom is -0.307 e. The Kier molecular flexibility index (Phi) is 3.85. The summed E-state index contributed by atoms with van der Waals surface area (Å²) >= 11 is 1.38. The second-order valence-electron chi connectivity index (χ2n) is 5.92. The van der Waals surface area contributed by atoms with Gasteiger partial charge in [-0.1, -0.05) is 19.9 Å². The van der Waals surface area contributed by atoms with Crippen LogP contribution in [0.3, 0.4) is 0 Å². The van der Waals surface area contributed by atoms with Gasteiger partial charge in [0.25, 0.3) is 5.91 Å². The molecule has 5 nitrogen and oxygen atoms in total. The van der Waals surface area contributed by atoms with Crippen LogP contribution in [-0.4, -0.2) is 28.0 Å². The fourth-order valence-electron chi connectivity index (χ4n) is 2.37. The first-order chi connectivity index (χ1) is 10.9. The van der Waals surface area contributed by atoms with Gasteiger partial charge in [-0.2, -0.15) is 0 Å². The highest BCUT2D eigenvalue weighted by molar-refractivity contribution is 7.12. The van der Waals surface area contributed by atoms with E-state index in [-0.39, 0.29) is 17.6 Å². The molecule has 2 aromatic heterocycles. The summed E-state index contributed by atoms with van der Waals surface area (Å²) in [5.74, 6) is 0.132. The van der Waals surface area contributed by atoms with Gasteiger partial charge >= 0.3 is 0 Å². The first-order valence-corrected chi connectivity index (χ1v) is 8.26. The van der Waals surface area contributed by atoms with Crippen molar-refractivity contribution >= 4 is 28.9 Å². The molecular formula is C17H17N3O2S. The van der Waals surface area contributed by atoms with Crippen molar-refractivity contribution in [1.29, 1.82) is 0 Å². The maximum Gasteiger partial charge on any atom is 0.253 e. The highest BCUT2D eigenvalue weighted by Gasteiger charge is 2.42. The third kappa shape index (κ3) is 2.59. The Balaban J connectivity index is 2.06. The molecule has 0 aliphatic carbocycles. The fourth-order valence-corrected chi connectivity index (χ4v) is 3.04. The lowest BCUT2D eigenvalue weighted by Crippen LogP contribution is -2.41. The van der Waals surface area contributed by atoms with E-state index >= 15 is 0 Å². The molecule has 1 unspecified atom stereocenters. The molecule has 1 aliphatic heterocycles. The van der Waals surface area contributed by atoms with Gasteiger partial charge in [-0.3, -0.25) is 14.6 Å². The van der Waals surface area contributed by atoms with E-state index in [2.05, 4.69) is 15.3 Å². The largest absolute Gasteiger partial charge is 0.307 e. The zero-order valence-corrected chi connectivity index (χ0v) is 14.0. The average molecular weight is 327 g/mol. The average Bonchev–Trinajstić information content (AvgIpc) is 3.16. The maximum absolute atomic E-state index is 12.7. The lowest BCUT2D eigenvalue weighted by Gasteiger charge is -2.21. The second kappa shape index (κ2) is 5.70. The van der Waals surface area contributed by atoms with E-state index in [1.54, 1.807) is 31.3 Å². The van der Waals surface area contributed by atoms with E-state index in [1.807, 2.05) is 25.3 Å². The summed E-state index contributed by atoms with van der Waals surface area (Å²) < 4.78 is 0. The van der Waals surface area contributed by atoms with Crippen LogP contribution in [0.25, 0.3) is 0 Å². The van der Waals surface area contributed by atoms with Crippen LogP contribution in [0, 0.1) is 5.92 Å². The van der Waals surface area contributed by atoms with Crippen molar-refractivity contribution in [2.45, 2.75) is 26.3 Å². The molecule has 6 heteroatoms. The van der Waals surface area contributed by atoms with Crippen molar-refractivity contribution in [2.24, 2.45) is 10.9 Å². The van der Waals surface area contributed by atoms with Crippen LogP contribution >= 0.6 is 11.3 Å². The van der Waals surface area contributed by atoms with Gasteiger partial charge in [0.1, 0.15) is 11.2 Å². The normalized spacial score (nSPS) is 20.5. The Bertz CT molecular complexity index is 796. The monoisotopic (exact) mass is 327 g/mol. The number of hydrogen-bond donors (Lipinski definition) is 1. The number of carbonyl (C=O) groups excluding carboxylic acids is 2. The van der Waals surface area contributed by atoms with Gasteiger partial charge in [0.15, 0.2) is 5.84 Å². The highest BCUT2D eigenvalue weighted by atomic mass is 32.1. The molecule has 1 aliphatic rings. The van der Waals surface area contributed by atoms with E-state index in [1.165, 1.54) is 11.3 Å². The molecule has 0 bridgehead atoms. The number of thiophene rings is 1. The van der Waals surface area contributed by atoms with Crippen LogP contribution < -0.4 is 5.32 Å². The third-order valence-corrected chi connectivity index (χ3v) is 5.05. The van der Waals surface area contributed by atoms with Crippen LogP contribution in [0.1, 0.15) is 41.7 Å². The number of ketones is 1. The Morgan fingerprint density at radius 3 is 2.70 bits per heavy atom. The van der Waals surface area contributed by atoms with Crippen molar-refractivity contribution in [2.75, 3.05) is 0 Å². The standard InChI is InChI=1S/C17H17N3O2S/c1-10(2)17(3)16(22)19-15(20-17)13-11(6-4-8-18-13)14(21)12-7-5-9-23-12/h4-10H,1-3H3,(H,19,20,22). The van der Waals surface area contributed by atoms with Gasteiger partial charge in [-0.15, -0.1) is 11.3 Å². The van der Waals surface area contributed by atoms with Crippen LogP contribution in [0.4, 0.5) is 0 Å². The summed E-state index contributed by atoms with van der Waals surface area (Å²) in [6.07, 6.45) is 1.60. The van der Waals surface area contributed by atoms with Gasteiger partial charge in [-0.05, 0) is 36.4 Å². The summed E-state index contributed by atoms with van der Waals surface area (Å²) in [4.78, 5) is 34.4. The van der Waals surface area contributed by atoms with Gasteiger partial charge in [-0.25, -0.2) is 4.99 Å². The number of nitrogens with one attached hydrogen (secondary N) is 1. The number of hydrogen-bond acceptors (Lipinski definition) is 5. The summed E-state index contributed by atoms with van der Waals surface area (Å²) in [5.41, 5.74) is 0.0291. The molecule has 3 rings (SSSR count). The first kappa shape index (κ1) is 15.6. The van der Waals surface area contributed by atoms with Gasteiger partial charge in [0, 0.05) is 6.20 Å². The Hall–Kier alpha value is -2.34. The van der Waals surface area contributed by atoms with Gasteiger partial charge in [0.05, 0.1) is 10.4 Å². The highest BCUT2D eigenvalue weighted by Crippen LogP contribution is 2.27. The summed E-state index contributed by atoms with van der Waals surface area (Å²) in [7, 11) is 0. The number of rotatable bonds is 4. The van der Waals surface area contributed by atoms with Crippen LogP contribution in [0.15, 0.2) is 40.8 Å². The van der Waals surface area contributed by atoms with E-state index < -0.39 is 5.54 Å². The number of aliphatic imine (C=N–C) groups is 1. The molecule has 1 atom stereocenters. The van der Waals surface area contributed by atoms with Crippen LogP contribution in [0.2, 0.25) is 0 Å². The molecular weight excluding hydrogens is 310 g/mol. The van der Waals surface area contributed by atoms with E-state index in [4.69, 9.17) is 0 Å². The number of amides is 1. The Morgan fingerprint density at radius 2 is 2.09 bits per heavy atom. The Labute approximate surface area is 138 Å². The molecule has 1 N–H and O–H groups in total. The lowest BCUT2D eigenvalue weighted by molar-refractivity contribution is -0.124. The molecule has 2 aromatic rings. The van der Waals surface area contributed by atoms with Crippen LogP contribution in [0.5, 0.6) is 0 Å². The SMILES string of the molecule is CC(C)C1(C)N=C(c2ncccc2C(=O)c2cccs2)NC1=O. The summed E-state index contributed by atoms with van der Waals surface area (Å²) in [6, 6.07) is 7.03. The molecule has 0 saturated heterocycles. The smallest absolute Gasteiger partial charge is 0.253 e. The number of aromatic nitrogens is 1. The van der Waals surface area contributed by atoms with Gasteiger partial charge in [0.2, 0.25) is 5.78 Å². The predicted octanol–water partition coefficient (Wildman–Crippen LogP) is 2.67. The Morgan fingerprint density at radius 1 is 1.30 bits per heavy atom. The zero-order valence-electron chi connectivity index (χ0n) is 13.2. The van der Waals surface area contributed by atoms with Gasteiger partial charge < -0.3 is 5.32 Å². The summed E-state index contributed by atoms with van der Waals surface area (Å²) in [6.45, 7) is 5.69. The molecule has 0 radical (unpaired) electrons. The maximum atomic E-state index is 12.7. The fraction of sp³-hybridized carbons (Fsp3) is 0.294. The van der Waals surface area contributed by atoms with E-state index in [0.717, 1.165) is 0 Å². The van der Waals surface area contributed by atoms with Crippen molar-refractivity contribution in [3.05, 3.63) is 52.0 Å². The third-order valence-electron chi connectivity index (χ3n) is 4.18. The van der Waals surface area contributed by atoms with Crippen molar-refractivity contribution in [3.63, 3.8) is 0 Å². The topological polar surface area (TPSA) is 71.4 Å². The van der Waals surface area contributed by atoms with Crippen LogP contribution in [-0.2, 0) is 4.79 Å². The zero-order chi connectivity index (χ0) is 16.6.